The van der Waals surface area contributed by atoms with Gasteiger partial charge in [0.15, 0.2) is 5.96 Å². The Morgan fingerprint density at radius 1 is 1.38 bits per heavy atom. The molecule has 0 aliphatic carbocycles. The van der Waals surface area contributed by atoms with Crippen molar-refractivity contribution >= 4 is 47.6 Å². The van der Waals surface area contributed by atoms with Gasteiger partial charge in [-0.15, -0.1) is 24.0 Å². The van der Waals surface area contributed by atoms with E-state index in [0.29, 0.717) is 23.9 Å². The van der Waals surface area contributed by atoms with Crippen molar-refractivity contribution in [2.45, 2.75) is 37.6 Å². The number of nitrogens with one attached hydrogen (secondary N) is 2. The Hall–Kier alpha value is -0.390. The number of thioether (sulfide) groups is 1. The summed E-state index contributed by atoms with van der Waals surface area (Å²) in [6.45, 7) is 3.80. The second kappa shape index (κ2) is 10.6. The fourth-order valence-corrected chi connectivity index (χ4v) is 3.46. The molecule has 1 heterocycles. The largest absolute Gasteiger partial charge is 0.406 e. The lowest BCUT2D eigenvalue weighted by Gasteiger charge is -2.24. The molecule has 1 saturated heterocycles. The summed E-state index contributed by atoms with van der Waals surface area (Å²) in [5.74, 6) is 0.919. The van der Waals surface area contributed by atoms with Crippen LogP contribution in [0.25, 0.3) is 0 Å². The third-order valence-corrected chi connectivity index (χ3v) is 5.03. The van der Waals surface area contributed by atoms with E-state index in [2.05, 4.69) is 22.5 Å². The molecule has 1 atom stereocenters. The van der Waals surface area contributed by atoms with Gasteiger partial charge in [-0.05, 0) is 32.4 Å². The fourth-order valence-electron chi connectivity index (χ4n) is 2.21. The van der Waals surface area contributed by atoms with Crippen molar-refractivity contribution in [2.24, 2.45) is 4.99 Å². The molecule has 0 aromatic heterocycles. The van der Waals surface area contributed by atoms with Crippen LogP contribution in [-0.4, -0.2) is 66.7 Å². The number of aliphatic imine (C=N–C) groups is 1. The normalized spacial score (nSPS) is 21.2. The molecule has 0 spiro atoms. The van der Waals surface area contributed by atoms with Crippen LogP contribution in [0.3, 0.4) is 0 Å². The zero-order valence-corrected chi connectivity index (χ0v) is 17.3. The maximum atomic E-state index is 12.3. The first-order valence-corrected chi connectivity index (χ1v) is 8.60. The second-order valence-corrected chi connectivity index (χ2v) is 7.50. The van der Waals surface area contributed by atoms with Gasteiger partial charge in [0.1, 0.15) is 13.1 Å². The van der Waals surface area contributed by atoms with E-state index < -0.39 is 18.6 Å². The predicted molar refractivity (Wildman–Crippen MR) is 103 cm³/mol. The van der Waals surface area contributed by atoms with E-state index in [1.165, 1.54) is 6.42 Å². The molecule has 1 fully saturated rings. The molecule has 5 nitrogen and oxygen atoms in total. The molecule has 1 aliphatic heterocycles. The first kappa shape index (κ1) is 23.6. The summed E-state index contributed by atoms with van der Waals surface area (Å²) in [5.41, 5.74) is 0. The standard InChI is InChI=1S/C14H25F3N4OS.HI/c1-4-18-12(20-9-13(2)6-5-7-23-13)19-8-11(22)21(3)10-14(15,16)17;/h4-10H2,1-3H3,(H2,18,19,20);1H. The Balaban J connectivity index is 0.00000529. The average molecular weight is 482 g/mol. The Kier molecular flexibility index (Phi) is 10.4. The third kappa shape index (κ3) is 9.19. The number of rotatable bonds is 6. The van der Waals surface area contributed by atoms with Crippen molar-refractivity contribution in [2.75, 3.05) is 39.0 Å². The minimum atomic E-state index is -4.40. The quantitative estimate of drug-likeness (QED) is 0.347. The molecule has 1 amide bonds. The number of halogens is 4. The molecular weight excluding hydrogens is 456 g/mol. The third-order valence-electron chi connectivity index (χ3n) is 3.49. The average Bonchev–Trinajstić information content (AvgIpc) is 2.87. The number of amides is 1. The molecule has 142 valence electrons. The van der Waals surface area contributed by atoms with Crippen molar-refractivity contribution in [3.8, 4) is 0 Å². The zero-order valence-electron chi connectivity index (χ0n) is 14.2. The van der Waals surface area contributed by atoms with Crippen LogP contribution >= 0.6 is 35.7 Å². The number of likely N-dealkylation sites (N-methyl/N-ethyl adjacent to an activating group) is 1. The minimum Gasteiger partial charge on any atom is -0.357 e. The van der Waals surface area contributed by atoms with Crippen molar-refractivity contribution in [3.63, 3.8) is 0 Å². The highest BCUT2D eigenvalue weighted by Gasteiger charge is 2.31. The maximum absolute atomic E-state index is 12.3. The van der Waals surface area contributed by atoms with E-state index >= 15 is 0 Å². The van der Waals surface area contributed by atoms with Gasteiger partial charge in [0.2, 0.25) is 5.91 Å². The monoisotopic (exact) mass is 482 g/mol. The van der Waals surface area contributed by atoms with Gasteiger partial charge in [-0.3, -0.25) is 4.79 Å². The van der Waals surface area contributed by atoms with Crippen LogP contribution in [0.5, 0.6) is 0 Å². The minimum absolute atomic E-state index is 0. The lowest BCUT2D eigenvalue weighted by atomic mass is 10.1. The van der Waals surface area contributed by atoms with Gasteiger partial charge in [-0.1, -0.05) is 0 Å². The highest BCUT2D eigenvalue weighted by molar-refractivity contribution is 14.0. The number of alkyl halides is 3. The van der Waals surface area contributed by atoms with Gasteiger partial charge in [-0.25, -0.2) is 4.99 Å². The molecule has 0 radical (unpaired) electrons. The van der Waals surface area contributed by atoms with E-state index in [9.17, 15) is 18.0 Å². The van der Waals surface area contributed by atoms with Gasteiger partial charge < -0.3 is 15.5 Å². The predicted octanol–water partition coefficient (Wildman–Crippen LogP) is 2.47. The molecule has 0 aromatic carbocycles. The first-order valence-electron chi connectivity index (χ1n) is 7.62. The van der Waals surface area contributed by atoms with Gasteiger partial charge in [0.05, 0.1) is 0 Å². The number of carbonyl (C=O) groups is 1. The maximum Gasteiger partial charge on any atom is 0.406 e. The molecular formula is C14H26F3IN4OS. The number of hydrogen-bond donors (Lipinski definition) is 2. The molecule has 1 unspecified atom stereocenters. The number of carbonyl (C=O) groups excluding carboxylic acids is 1. The van der Waals surface area contributed by atoms with Crippen molar-refractivity contribution in [3.05, 3.63) is 0 Å². The molecule has 10 heteroatoms. The Morgan fingerprint density at radius 2 is 2.04 bits per heavy atom. The number of nitrogens with zero attached hydrogens (tertiary/aromatic N) is 2. The van der Waals surface area contributed by atoms with Crippen LogP contribution < -0.4 is 10.6 Å². The Morgan fingerprint density at radius 3 is 2.54 bits per heavy atom. The summed E-state index contributed by atoms with van der Waals surface area (Å²) in [7, 11) is 1.13. The summed E-state index contributed by atoms with van der Waals surface area (Å²) >= 11 is 1.89. The molecule has 0 aromatic rings. The highest BCUT2D eigenvalue weighted by atomic mass is 127. The summed E-state index contributed by atoms with van der Waals surface area (Å²) in [6, 6.07) is 0. The Labute approximate surface area is 162 Å². The van der Waals surface area contributed by atoms with Crippen LogP contribution in [0.1, 0.15) is 26.7 Å². The Bertz CT molecular complexity index is 429. The van der Waals surface area contributed by atoms with E-state index in [1.807, 2.05) is 18.7 Å². The summed E-state index contributed by atoms with van der Waals surface area (Å²) in [4.78, 5) is 16.4. The summed E-state index contributed by atoms with van der Waals surface area (Å²) < 4.78 is 36.9. The second-order valence-electron chi connectivity index (χ2n) is 5.82. The van der Waals surface area contributed by atoms with Crippen LogP contribution in [-0.2, 0) is 4.79 Å². The van der Waals surface area contributed by atoms with Crippen LogP contribution in [0.2, 0.25) is 0 Å². The van der Waals surface area contributed by atoms with E-state index in [-0.39, 0.29) is 35.3 Å². The summed E-state index contributed by atoms with van der Waals surface area (Å²) in [5, 5.41) is 6.17. The molecule has 0 saturated carbocycles. The topological polar surface area (TPSA) is 56.7 Å². The van der Waals surface area contributed by atoms with Crippen molar-refractivity contribution < 1.29 is 18.0 Å². The van der Waals surface area contributed by atoms with Crippen molar-refractivity contribution in [1.82, 2.24) is 15.5 Å². The molecule has 2 N–H and O–H groups in total. The number of hydrogen-bond acceptors (Lipinski definition) is 3. The lowest BCUT2D eigenvalue weighted by Crippen LogP contribution is -2.44. The molecule has 24 heavy (non-hydrogen) atoms. The molecule has 1 aliphatic rings. The van der Waals surface area contributed by atoms with E-state index in [1.54, 1.807) is 0 Å². The van der Waals surface area contributed by atoms with Gasteiger partial charge >= 0.3 is 6.18 Å². The van der Waals surface area contributed by atoms with Gasteiger partial charge in [-0.2, -0.15) is 24.9 Å². The first-order chi connectivity index (χ1) is 10.7. The van der Waals surface area contributed by atoms with E-state index in [4.69, 9.17) is 0 Å². The van der Waals surface area contributed by atoms with Crippen molar-refractivity contribution in [1.29, 1.82) is 0 Å². The van der Waals surface area contributed by atoms with Gasteiger partial charge in [0, 0.05) is 24.9 Å². The van der Waals surface area contributed by atoms with Crippen LogP contribution in [0, 0.1) is 0 Å². The fraction of sp³-hybridized carbons (Fsp3) is 0.857. The SMILES string of the molecule is CCNC(=NCC(=O)N(C)CC(F)(F)F)NCC1(C)CCCS1.I. The van der Waals surface area contributed by atoms with E-state index in [0.717, 1.165) is 19.2 Å². The molecule has 1 rings (SSSR count). The van der Waals surface area contributed by atoms with Crippen LogP contribution in [0.15, 0.2) is 4.99 Å². The summed E-state index contributed by atoms with van der Waals surface area (Å²) in [6.07, 6.45) is -2.11. The van der Waals surface area contributed by atoms with Gasteiger partial charge in [0.25, 0.3) is 0 Å². The number of guanidine groups is 1. The smallest absolute Gasteiger partial charge is 0.357 e. The highest BCUT2D eigenvalue weighted by Crippen LogP contribution is 2.36. The zero-order chi connectivity index (χ0) is 17.5. The molecule has 0 bridgehead atoms. The van der Waals surface area contributed by atoms with Crippen LogP contribution in [0.4, 0.5) is 13.2 Å². The lowest BCUT2D eigenvalue weighted by molar-refractivity contribution is -0.157.